The average molecular weight is 329 g/mol. The number of nitrogens with zero attached hydrogens (tertiary/aromatic N) is 1. The third-order valence-corrected chi connectivity index (χ3v) is 3.42. The Morgan fingerprint density at radius 2 is 1.67 bits per heavy atom. The van der Waals surface area contributed by atoms with E-state index in [4.69, 9.17) is 19.4 Å². The van der Waals surface area contributed by atoms with Crippen molar-refractivity contribution in [2.45, 2.75) is 20.3 Å². The van der Waals surface area contributed by atoms with E-state index >= 15 is 0 Å². The summed E-state index contributed by atoms with van der Waals surface area (Å²) in [5.74, 6) is 2.08. The zero-order chi connectivity index (χ0) is 17.2. The van der Waals surface area contributed by atoms with Gasteiger partial charge in [-0.05, 0) is 49.2 Å². The van der Waals surface area contributed by atoms with Crippen molar-refractivity contribution in [3.8, 4) is 17.2 Å². The highest BCUT2D eigenvalue weighted by Gasteiger charge is 2.06. The molecular formula is C19H23NO4. The van der Waals surface area contributed by atoms with Crippen molar-refractivity contribution in [2.75, 3.05) is 19.8 Å². The molecule has 0 unspecified atom stereocenters. The first kappa shape index (κ1) is 17.7. The summed E-state index contributed by atoms with van der Waals surface area (Å²) in [5, 5.41) is 11.6. The molecule has 2 aromatic carbocycles. The molecule has 1 N–H and O–H groups in total. The lowest BCUT2D eigenvalue weighted by atomic mass is 10.2. The van der Waals surface area contributed by atoms with Gasteiger partial charge in [0, 0.05) is 5.56 Å². The van der Waals surface area contributed by atoms with Crippen LogP contribution in [0.4, 0.5) is 0 Å². The molecule has 0 aromatic heterocycles. The van der Waals surface area contributed by atoms with Crippen LogP contribution in [-0.4, -0.2) is 31.2 Å². The number of aryl methyl sites for hydroxylation is 1. The van der Waals surface area contributed by atoms with Crippen molar-refractivity contribution in [1.29, 1.82) is 0 Å². The Labute approximate surface area is 142 Å². The molecule has 0 radical (unpaired) electrons. The highest BCUT2D eigenvalue weighted by molar-refractivity contribution is 5.80. The Hall–Kier alpha value is -2.69. The van der Waals surface area contributed by atoms with E-state index in [9.17, 15) is 0 Å². The van der Waals surface area contributed by atoms with Gasteiger partial charge in [0.2, 0.25) is 0 Å². The molecular weight excluding hydrogens is 306 g/mol. The van der Waals surface area contributed by atoms with E-state index in [1.54, 1.807) is 18.2 Å². The Morgan fingerprint density at radius 3 is 2.33 bits per heavy atom. The molecule has 0 aliphatic rings. The second kappa shape index (κ2) is 9.45. The Bertz CT molecular complexity index is 653. The van der Waals surface area contributed by atoms with Crippen molar-refractivity contribution < 1.29 is 19.4 Å². The molecule has 0 aliphatic heterocycles. The Morgan fingerprint density at radius 1 is 0.917 bits per heavy atom. The van der Waals surface area contributed by atoms with Gasteiger partial charge in [-0.1, -0.05) is 24.2 Å². The maximum Gasteiger partial charge on any atom is 0.161 e. The van der Waals surface area contributed by atoms with E-state index in [1.807, 2.05) is 19.1 Å². The standard InChI is InChI=1S/C19H23NO4/c1-3-15-5-8-17(9-6-15)23-11-12-24-18-10-7-16(14-20-21)13-19(18)22-4-2/h5-10,13-14,21H,3-4,11-12H2,1-2H3. The van der Waals surface area contributed by atoms with Crippen molar-refractivity contribution in [3.05, 3.63) is 53.6 Å². The first-order chi connectivity index (χ1) is 11.8. The monoisotopic (exact) mass is 329 g/mol. The minimum atomic E-state index is 0.406. The van der Waals surface area contributed by atoms with Crippen LogP contribution in [0.5, 0.6) is 17.2 Å². The van der Waals surface area contributed by atoms with Crippen molar-refractivity contribution in [2.24, 2.45) is 5.16 Å². The molecule has 0 saturated heterocycles. The first-order valence-corrected chi connectivity index (χ1v) is 8.05. The van der Waals surface area contributed by atoms with Gasteiger partial charge >= 0.3 is 0 Å². The summed E-state index contributed by atoms with van der Waals surface area (Å²) in [4.78, 5) is 0. The SMILES string of the molecule is CCOc1cc(C=NO)ccc1OCCOc1ccc(CC)cc1. The second-order valence-corrected chi connectivity index (χ2v) is 5.08. The number of rotatable bonds is 9. The molecule has 2 aromatic rings. The van der Waals surface area contributed by atoms with Gasteiger partial charge in [0.15, 0.2) is 11.5 Å². The van der Waals surface area contributed by atoms with Gasteiger partial charge in [-0.2, -0.15) is 0 Å². The van der Waals surface area contributed by atoms with Gasteiger partial charge in [-0.3, -0.25) is 0 Å². The third-order valence-electron chi connectivity index (χ3n) is 3.42. The summed E-state index contributed by atoms with van der Waals surface area (Å²) >= 11 is 0. The Kier molecular flexibility index (Phi) is 6.95. The molecule has 5 nitrogen and oxygen atoms in total. The van der Waals surface area contributed by atoms with Crippen LogP contribution in [0, 0.1) is 0 Å². The molecule has 0 aliphatic carbocycles. The lowest BCUT2D eigenvalue weighted by Gasteiger charge is -2.13. The van der Waals surface area contributed by atoms with E-state index in [1.165, 1.54) is 11.8 Å². The summed E-state index contributed by atoms with van der Waals surface area (Å²) in [6, 6.07) is 13.4. The third kappa shape index (κ3) is 5.19. The van der Waals surface area contributed by atoms with Gasteiger partial charge < -0.3 is 19.4 Å². The Balaban J connectivity index is 1.88. The lowest BCUT2D eigenvalue weighted by molar-refractivity contribution is 0.208. The minimum Gasteiger partial charge on any atom is -0.490 e. The fraction of sp³-hybridized carbons (Fsp3) is 0.316. The topological polar surface area (TPSA) is 60.3 Å². The lowest BCUT2D eigenvalue weighted by Crippen LogP contribution is -2.10. The average Bonchev–Trinajstić information content (AvgIpc) is 2.61. The smallest absolute Gasteiger partial charge is 0.161 e. The summed E-state index contributed by atoms with van der Waals surface area (Å²) in [6.45, 7) is 5.40. The molecule has 2 rings (SSSR count). The maximum atomic E-state index is 8.61. The van der Waals surface area contributed by atoms with Gasteiger partial charge in [-0.25, -0.2) is 0 Å². The van der Waals surface area contributed by atoms with Crippen LogP contribution < -0.4 is 14.2 Å². The van der Waals surface area contributed by atoms with Crippen LogP contribution in [0.3, 0.4) is 0 Å². The quantitative estimate of drug-likeness (QED) is 0.328. The summed E-state index contributed by atoms with van der Waals surface area (Å²) < 4.78 is 17.0. The molecule has 0 amide bonds. The number of hydrogen-bond acceptors (Lipinski definition) is 5. The van der Waals surface area contributed by atoms with Crippen LogP contribution in [0.2, 0.25) is 0 Å². The van der Waals surface area contributed by atoms with Crippen LogP contribution in [0.1, 0.15) is 25.0 Å². The highest BCUT2D eigenvalue weighted by atomic mass is 16.5. The van der Waals surface area contributed by atoms with E-state index in [-0.39, 0.29) is 0 Å². The molecule has 0 bridgehead atoms. The van der Waals surface area contributed by atoms with Gasteiger partial charge in [-0.15, -0.1) is 0 Å². The predicted molar refractivity (Wildman–Crippen MR) is 93.8 cm³/mol. The van der Waals surface area contributed by atoms with Gasteiger partial charge in [0.1, 0.15) is 19.0 Å². The largest absolute Gasteiger partial charge is 0.490 e. The van der Waals surface area contributed by atoms with E-state index in [0.717, 1.165) is 17.7 Å². The summed E-state index contributed by atoms with van der Waals surface area (Å²) in [6.07, 6.45) is 2.36. The van der Waals surface area contributed by atoms with Crippen LogP contribution in [0.15, 0.2) is 47.6 Å². The van der Waals surface area contributed by atoms with E-state index in [2.05, 4.69) is 24.2 Å². The van der Waals surface area contributed by atoms with Crippen molar-refractivity contribution in [3.63, 3.8) is 0 Å². The predicted octanol–water partition coefficient (Wildman–Crippen LogP) is 3.91. The number of ether oxygens (including phenoxy) is 3. The number of oxime groups is 1. The molecule has 0 spiro atoms. The second-order valence-electron chi connectivity index (χ2n) is 5.08. The zero-order valence-electron chi connectivity index (χ0n) is 14.1. The molecule has 5 heteroatoms. The van der Waals surface area contributed by atoms with Gasteiger partial charge in [0.25, 0.3) is 0 Å². The minimum absolute atomic E-state index is 0.406. The van der Waals surface area contributed by atoms with Crippen LogP contribution >= 0.6 is 0 Å². The van der Waals surface area contributed by atoms with E-state index < -0.39 is 0 Å². The van der Waals surface area contributed by atoms with Crippen LogP contribution in [-0.2, 0) is 6.42 Å². The zero-order valence-corrected chi connectivity index (χ0v) is 14.1. The molecule has 128 valence electrons. The molecule has 24 heavy (non-hydrogen) atoms. The van der Waals surface area contributed by atoms with E-state index in [0.29, 0.717) is 31.3 Å². The van der Waals surface area contributed by atoms with Crippen molar-refractivity contribution in [1.82, 2.24) is 0 Å². The number of benzene rings is 2. The molecule has 0 atom stereocenters. The molecule has 0 fully saturated rings. The van der Waals surface area contributed by atoms with Crippen LogP contribution in [0.25, 0.3) is 0 Å². The van der Waals surface area contributed by atoms with Crippen molar-refractivity contribution >= 4 is 6.21 Å². The fourth-order valence-corrected chi connectivity index (χ4v) is 2.19. The molecule has 0 saturated carbocycles. The first-order valence-electron chi connectivity index (χ1n) is 8.05. The highest BCUT2D eigenvalue weighted by Crippen LogP contribution is 2.28. The normalized spacial score (nSPS) is 10.8. The number of hydrogen-bond donors (Lipinski definition) is 1. The maximum absolute atomic E-state index is 8.61. The van der Waals surface area contributed by atoms with Gasteiger partial charge in [0.05, 0.1) is 12.8 Å². The molecule has 0 heterocycles. The summed E-state index contributed by atoms with van der Waals surface area (Å²) in [5.41, 5.74) is 2.02. The fourth-order valence-electron chi connectivity index (χ4n) is 2.19. The summed E-state index contributed by atoms with van der Waals surface area (Å²) in [7, 11) is 0.